The van der Waals surface area contributed by atoms with E-state index in [1.54, 1.807) is 16.7 Å². The Kier molecular flexibility index (Phi) is 3.18. The molecule has 16 heavy (non-hydrogen) atoms. The Balaban J connectivity index is 2.27. The lowest BCUT2D eigenvalue weighted by atomic mass is 9.76. The molecule has 0 bridgehead atoms. The van der Waals surface area contributed by atoms with Crippen molar-refractivity contribution in [2.24, 2.45) is 5.41 Å². The molecule has 0 radical (unpaired) electrons. The molecule has 0 N–H and O–H groups in total. The number of hydrogen-bond acceptors (Lipinski definition) is 0. The average molecular weight is 214 g/mol. The summed E-state index contributed by atoms with van der Waals surface area (Å²) in [5, 5.41) is 0. The Bertz CT molecular complexity index is 376. The van der Waals surface area contributed by atoms with Gasteiger partial charge in [-0.15, -0.1) is 0 Å². The van der Waals surface area contributed by atoms with Crippen LogP contribution in [-0.4, -0.2) is 0 Å². The quantitative estimate of drug-likeness (QED) is 0.541. The lowest BCUT2D eigenvalue weighted by Gasteiger charge is -2.28. The van der Waals surface area contributed by atoms with Crippen LogP contribution in [0.15, 0.2) is 47.1 Å². The van der Waals surface area contributed by atoms with Crippen LogP contribution in [-0.2, 0) is 0 Å². The van der Waals surface area contributed by atoms with Crippen LogP contribution in [0.1, 0.15) is 46.5 Å². The minimum absolute atomic E-state index is 0.196. The van der Waals surface area contributed by atoms with Crippen LogP contribution in [0.5, 0.6) is 0 Å². The molecule has 2 rings (SSSR count). The van der Waals surface area contributed by atoms with Gasteiger partial charge in [0.1, 0.15) is 0 Å². The van der Waals surface area contributed by atoms with Crippen molar-refractivity contribution in [1.29, 1.82) is 0 Å². The zero-order valence-corrected chi connectivity index (χ0v) is 10.7. The molecule has 0 aromatic carbocycles. The highest BCUT2D eigenvalue weighted by Gasteiger charge is 2.26. The van der Waals surface area contributed by atoms with E-state index in [1.165, 1.54) is 25.7 Å². The van der Waals surface area contributed by atoms with E-state index in [1.807, 2.05) is 0 Å². The summed E-state index contributed by atoms with van der Waals surface area (Å²) in [6.45, 7) is 6.92. The maximum atomic E-state index is 2.41. The van der Waals surface area contributed by atoms with E-state index in [0.717, 1.165) is 0 Å². The summed E-state index contributed by atoms with van der Waals surface area (Å²) in [5.41, 5.74) is 4.99. The second-order valence-corrected chi connectivity index (χ2v) is 5.35. The SMILES string of the molecule is CC1=CCCC(C)=C(C2(C)C=CC=C2)CC1. The maximum Gasteiger partial charge on any atom is 0.0251 e. The lowest BCUT2D eigenvalue weighted by Crippen LogP contribution is -2.14. The zero-order valence-electron chi connectivity index (χ0n) is 10.7. The molecule has 0 heterocycles. The predicted octanol–water partition coefficient (Wildman–Crippen LogP) is 4.96. The van der Waals surface area contributed by atoms with Gasteiger partial charge in [0.25, 0.3) is 0 Å². The van der Waals surface area contributed by atoms with Crippen LogP contribution < -0.4 is 0 Å². The zero-order chi connectivity index (χ0) is 11.6. The molecule has 0 aromatic heterocycles. The molecule has 0 saturated carbocycles. The third-order valence-electron chi connectivity index (χ3n) is 3.94. The van der Waals surface area contributed by atoms with Crippen LogP contribution in [0.25, 0.3) is 0 Å². The van der Waals surface area contributed by atoms with Gasteiger partial charge in [-0.3, -0.25) is 0 Å². The Morgan fingerprint density at radius 2 is 1.69 bits per heavy atom. The third kappa shape index (κ3) is 2.21. The summed E-state index contributed by atoms with van der Waals surface area (Å²) < 4.78 is 0. The summed E-state index contributed by atoms with van der Waals surface area (Å²) in [5.74, 6) is 0. The first-order valence-corrected chi connectivity index (χ1v) is 6.33. The minimum atomic E-state index is 0.196. The molecule has 2 aliphatic rings. The molecule has 0 fully saturated rings. The highest BCUT2D eigenvalue weighted by Crippen LogP contribution is 2.40. The second kappa shape index (κ2) is 4.45. The second-order valence-electron chi connectivity index (χ2n) is 5.35. The van der Waals surface area contributed by atoms with Crippen LogP contribution in [0.2, 0.25) is 0 Å². The minimum Gasteiger partial charge on any atom is -0.0853 e. The molecule has 0 spiro atoms. The summed E-state index contributed by atoms with van der Waals surface area (Å²) >= 11 is 0. The predicted molar refractivity (Wildman–Crippen MR) is 71.3 cm³/mol. The van der Waals surface area contributed by atoms with E-state index in [2.05, 4.69) is 51.2 Å². The molecule has 0 unspecified atom stereocenters. The van der Waals surface area contributed by atoms with Crippen LogP contribution in [0.4, 0.5) is 0 Å². The fraction of sp³-hybridized carbons (Fsp3) is 0.500. The van der Waals surface area contributed by atoms with Crippen molar-refractivity contribution in [1.82, 2.24) is 0 Å². The van der Waals surface area contributed by atoms with Crippen molar-refractivity contribution in [3.63, 3.8) is 0 Å². The molecular weight excluding hydrogens is 192 g/mol. The van der Waals surface area contributed by atoms with E-state index in [-0.39, 0.29) is 5.41 Å². The van der Waals surface area contributed by atoms with Crippen molar-refractivity contribution in [3.8, 4) is 0 Å². The van der Waals surface area contributed by atoms with E-state index in [9.17, 15) is 0 Å². The number of hydrogen-bond donors (Lipinski definition) is 0. The van der Waals surface area contributed by atoms with E-state index in [4.69, 9.17) is 0 Å². The van der Waals surface area contributed by atoms with Gasteiger partial charge in [-0.25, -0.2) is 0 Å². The van der Waals surface area contributed by atoms with Crippen LogP contribution in [0.3, 0.4) is 0 Å². The third-order valence-corrected chi connectivity index (χ3v) is 3.94. The summed E-state index contributed by atoms with van der Waals surface area (Å²) in [6.07, 6.45) is 16.3. The Labute approximate surface area is 99.4 Å². The number of allylic oxidation sites excluding steroid dienone is 8. The molecule has 0 aromatic rings. The first kappa shape index (κ1) is 11.4. The lowest BCUT2D eigenvalue weighted by molar-refractivity contribution is 0.607. The fourth-order valence-corrected chi connectivity index (χ4v) is 2.82. The van der Waals surface area contributed by atoms with Gasteiger partial charge in [-0.05, 0) is 46.5 Å². The molecule has 0 aliphatic heterocycles. The highest BCUT2D eigenvalue weighted by molar-refractivity contribution is 5.38. The van der Waals surface area contributed by atoms with Crippen molar-refractivity contribution in [3.05, 3.63) is 47.1 Å². The molecular formula is C16H22. The molecule has 0 nitrogen and oxygen atoms in total. The molecule has 86 valence electrons. The van der Waals surface area contributed by atoms with Gasteiger partial charge in [0.05, 0.1) is 0 Å². The van der Waals surface area contributed by atoms with Crippen LogP contribution >= 0.6 is 0 Å². The smallest absolute Gasteiger partial charge is 0.0251 e. The van der Waals surface area contributed by atoms with E-state index < -0.39 is 0 Å². The first-order chi connectivity index (χ1) is 7.62. The van der Waals surface area contributed by atoms with Gasteiger partial charge in [0.2, 0.25) is 0 Å². The van der Waals surface area contributed by atoms with Gasteiger partial charge in [0, 0.05) is 5.41 Å². The van der Waals surface area contributed by atoms with Crippen molar-refractivity contribution in [2.45, 2.75) is 46.5 Å². The Morgan fingerprint density at radius 3 is 2.38 bits per heavy atom. The van der Waals surface area contributed by atoms with Crippen molar-refractivity contribution < 1.29 is 0 Å². The Hall–Kier alpha value is -1.04. The molecule has 0 atom stereocenters. The Morgan fingerprint density at radius 1 is 1.00 bits per heavy atom. The van der Waals surface area contributed by atoms with Crippen molar-refractivity contribution in [2.75, 3.05) is 0 Å². The summed E-state index contributed by atoms with van der Waals surface area (Å²) in [6, 6.07) is 0. The monoisotopic (exact) mass is 214 g/mol. The largest absolute Gasteiger partial charge is 0.0853 e. The van der Waals surface area contributed by atoms with Gasteiger partial charge >= 0.3 is 0 Å². The molecule has 0 heteroatoms. The van der Waals surface area contributed by atoms with E-state index in [0.29, 0.717) is 0 Å². The number of rotatable bonds is 1. The molecule has 0 saturated heterocycles. The average Bonchev–Trinajstić information content (AvgIpc) is 2.63. The highest BCUT2D eigenvalue weighted by atomic mass is 14.3. The van der Waals surface area contributed by atoms with E-state index >= 15 is 0 Å². The first-order valence-electron chi connectivity index (χ1n) is 6.33. The summed E-state index contributed by atoms with van der Waals surface area (Å²) in [7, 11) is 0. The van der Waals surface area contributed by atoms with Crippen LogP contribution in [0, 0.1) is 5.41 Å². The summed E-state index contributed by atoms with van der Waals surface area (Å²) in [4.78, 5) is 0. The molecule has 2 aliphatic carbocycles. The van der Waals surface area contributed by atoms with Crippen molar-refractivity contribution >= 4 is 0 Å². The normalized spacial score (nSPS) is 24.3. The fourth-order valence-electron chi connectivity index (χ4n) is 2.82. The molecule has 0 amide bonds. The van der Waals surface area contributed by atoms with Gasteiger partial charge in [-0.1, -0.05) is 47.1 Å². The van der Waals surface area contributed by atoms with Gasteiger partial charge in [0.15, 0.2) is 0 Å². The standard InChI is InChI=1S/C16H22/c1-13-7-6-8-14(2)15(10-9-13)16(3)11-4-5-12-16/h4-5,7,11-12H,6,8-10H2,1-3H3. The van der Waals surface area contributed by atoms with Gasteiger partial charge < -0.3 is 0 Å². The topological polar surface area (TPSA) is 0 Å². The van der Waals surface area contributed by atoms with Gasteiger partial charge in [-0.2, -0.15) is 0 Å². The maximum absolute atomic E-state index is 2.41.